The zero-order valence-corrected chi connectivity index (χ0v) is 15.4. The maximum absolute atomic E-state index is 6.15. The molecule has 0 radical (unpaired) electrons. The summed E-state index contributed by atoms with van der Waals surface area (Å²) >= 11 is 13.8. The Hall–Kier alpha value is -1.36. The van der Waals surface area contributed by atoms with Crippen LogP contribution >= 0.6 is 35.0 Å². The molecule has 0 aromatic heterocycles. The van der Waals surface area contributed by atoms with Crippen LogP contribution < -0.4 is 10.1 Å². The molecule has 0 bridgehead atoms. The van der Waals surface area contributed by atoms with Gasteiger partial charge in [-0.3, -0.25) is 4.99 Å². The predicted octanol–water partition coefficient (Wildman–Crippen LogP) is 4.81. The smallest absolute Gasteiger partial charge is 0.156 e. The van der Waals surface area contributed by atoms with E-state index >= 15 is 0 Å². The molecule has 1 N–H and O–H groups in total. The van der Waals surface area contributed by atoms with Crippen LogP contribution in [0.5, 0.6) is 5.75 Å². The van der Waals surface area contributed by atoms with E-state index in [1.165, 1.54) is 5.56 Å². The highest BCUT2D eigenvalue weighted by Crippen LogP contribution is 2.23. The first kappa shape index (κ1) is 17.5. The molecular weight excluding hydrogens is 363 g/mol. The fraction of sp³-hybridized carbons (Fsp3) is 0.278. The lowest BCUT2D eigenvalue weighted by atomic mass is 10.2. The standard InChI is InChI=1S/C18H18Cl2N2OS/c19-15-4-3-14(17(20)11-15)12-23-16-5-1-13(2-6-16)7-10-24-18-21-8-9-22-18/h1-6,11H,7-10,12H2,(H,21,22). The van der Waals surface area contributed by atoms with Crippen LogP contribution in [0.15, 0.2) is 47.5 Å². The summed E-state index contributed by atoms with van der Waals surface area (Å²) in [5.41, 5.74) is 2.21. The van der Waals surface area contributed by atoms with E-state index in [1.807, 2.05) is 24.3 Å². The molecule has 0 atom stereocenters. The lowest BCUT2D eigenvalue weighted by Gasteiger charge is -2.09. The molecule has 3 nitrogen and oxygen atoms in total. The molecule has 0 aliphatic carbocycles. The van der Waals surface area contributed by atoms with Crippen molar-refractivity contribution in [1.29, 1.82) is 0 Å². The van der Waals surface area contributed by atoms with E-state index < -0.39 is 0 Å². The van der Waals surface area contributed by atoms with Crippen LogP contribution in [0.3, 0.4) is 0 Å². The van der Waals surface area contributed by atoms with Crippen LogP contribution in [0.4, 0.5) is 0 Å². The van der Waals surface area contributed by atoms with Crippen molar-refractivity contribution in [2.24, 2.45) is 4.99 Å². The Labute approximate surface area is 156 Å². The summed E-state index contributed by atoms with van der Waals surface area (Å²) in [4.78, 5) is 4.38. The van der Waals surface area contributed by atoms with Gasteiger partial charge in [-0.25, -0.2) is 0 Å². The summed E-state index contributed by atoms with van der Waals surface area (Å²) in [6.45, 7) is 2.29. The number of benzene rings is 2. The Morgan fingerprint density at radius 3 is 2.67 bits per heavy atom. The van der Waals surface area contributed by atoms with Gasteiger partial charge in [-0.2, -0.15) is 0 Å². The van der Waals surface area contributed by atoms with E-state index in [0.717, 1.165) is 41.7 Å². The second kappa shape index (κ2) is 8.65. The van der Waals surface area contributed by atoms with Gasteiger partial charge in [-0.1, -0.05) is 53.2 Å². The first-order chi connectivity index (χ1) is 11.7. The Morgan fingerprint density at radius 1 is 1.12 bits per heavy atom. The number of hydrogen-bond donors (Lipinski definition) is 1. The number of rotatable bonds is 6. The molecule has 1 heterocycles. The molecule has 126 valence electrons. The number of aliphatic imine (C=N–C) groups is 1. The molecule has 3 rings (SSSR count). The molecule has 0 amide bonds. The van der Waals surface area contributed by atoms with Crippen LogP contribution in [0, 0.1) is 0 Å². The number of aryl methyl sites for hydroxylation is 1. The molecule has 0 saturated heterocycles. The number of nitrogens with one attached hydrogen (secondary N) is 1. The number of hydrogen-bond acceptors (Lipinski definition) is 4. The Bertz CT molecular complexity index is 719. The molecule has 6 heteroatoms. The number of ether oxygens (including phenoxy) is 1. The summed E-state index contributed by atoms with van der Waals surface area (Å²) < 4.78 is 5.79. The minimum atomic E-state index is 0.427. The molecule has 1 aliphatic rings. The van der Waals surface area contributed by atoms with Crippen LogP contribution in [-0.2, 0) is 13.0 Å². The van der Waals surface area contributed by atoms with Crippen molar-refractivity contribution in [3.63, 3.8) is 0 Å². The first-order valence-electron chi connectivity index (χ1n) is 7.77. The maximum Gasteiger partial charge on any atom is 0.156 e. The average Bonchev–Trinajstić information content (AvgIpc) is 3.09. The minimum absolute atomic E-state index is 0.427. The van der Waals surface area contributed by atoms with Gasteiger partial charge in [0.15, 0.2) is 5.17 Å². The van der Waals surface area contributed by atoms with Gasteiger partial charge in [0.05, 0.1) is 6.54 Å². The van der Waals surface area contributed by atoms with Gasteiger partial charge in [0, 0.05) is 27.9 Å². The lowest BCUT2D eigenvalue weighted by Crippen LogP contribution is -2.15. The number of thioether (sulfide) groups is 1. The highest BCUT2D eigenvalue weighted by atomic mass is 35.5. The zero-order valence-electron chi connectivity index (χ0n) is 13.1. The average molecular weight is 381 g/mol. The van der Waals surface area contributed by atoms with Gasteiger partial charge >= 0.3 is 0 Å². The summed E-state index contributed by atoms with van der Waals surface area (Å²) in [6, 6.07) is 13.6. The van der Waals surface area contributed by atoms with E-state index in [-0.39, 0.29) is 0 Å². The number of nitrogens with zero attached hydrogens (tertiary/aromatic N) is 1. The lowest BCUT2D eigenvalue weighted by molar-refractivity contribution is 0.306. The predicted molar refractivity (Wildman–Crippen MR) is 104 cm³/mol. The summed E-state index contributed by atoms with van der Waals surface area (Å²) in [6.07, 6.45) is 1.01. The quantitative estimate of drug-likeness (QED) is 0.780. The van der Waals surface area contributed by atoms with E-state index in [4.69, 9.17) is 27.9 Å². The largest absolute Gasteiger partial charge is 0.489 e. The Balaban J connectivity index is 1.47. The van der Waals surface area contributed by atoms with Crippen molar-refractivity contribution in [2.75, 3.05) is 18.8 Å². The van der Waals surface area contributed by atoms with Gasteiger partial charge in [-0.15, -0.1) is 0 Å². The van der Waals surface area contributed by atoms with Gasteiger partial charge in [0.2, 0.25) is 0 Å². The fourth-order valence-corrected chi connectivity index (χ4v) is 3.67. The zero-order chi connectivity index (χ0) is 16.8. The van der Waals surface area contributed by atoms with Gasteiger partial charge in [0.1, 0.15) is 12.4 Å². The molecule has 0 spiro atoms. The molecule has 0 fully saturated rings. The van der Waals surface area contributed by atoms with Crippen molar-refractivity contribution in [1.82, 2.24) is 5.32 Å². The van der Waals surface area contributed by atoms with Crippen molar-refractivity contribution < 1.29 is 4.74 Å². The van der Waals surface area contributed by atoms with E-state index in [2.05, 4.69) is 22.4 Å². The summed E-state index contributed by atoms with van der Waals surface area (Å²) in [5, 5.41) is 5.58. The summed E-state index contributed by atoms with van der Waals surface area (Å²) in [7, 11) is 0. The van der Waals surface area contributed by atoms with Crippen molar-refractivity contribution in [2.45, 2.75) is 13.0 Å². The molecular formula is C18H18Cl2N2OS. The Kier molecular flexibility index (Phi) is 6.30. The monoisotopic (exact) mass is 380 g/mol. The van der Waals surface area contributed by atoms with E-state index in [9.17, 15) is 0 Å². The second-order valence-electron chi connectivity index (χ2n) is 5.38. The molecule has 0 unspecified atom stereocenters. The van der Waals surface area contributed by atoms with Crippen LogP contribution in [0.2, 0.25) is 10.0 Å². The SMILES string of the molecule is Clc1ccc(COc2ccc(CCSC3=NCCN3)cc2)c(Cl)c1. The number of halogens is 2. The molecule has 0 saturated carbocycles. The van der Waals surface area contributed by atoms with Crippen molar-refractivity contribution in [3.05, 3.63) is 63.6 Å². The summed E-state index contributed by atoms with van der Waals surface area (Å²) in [5.74, 6) is 1.85. The molecule has 1 aliphatic heterocycles. The van der Waals surface area contributed by atoms with Gasteiger partial charge < -0.3 is 10.1 Å². The van der Waals surface area contributed by atoms with Crippen LogP contribution in [0.25, 0.3) is 0 Å². The van der Waals surface area contributed by atoms with Crippen LogP contribution in [0.1, 0.15) is 11.1 Å². The van der Waals surface area contributed by atoms with E-state index in [1.54, 1.807) is 17.8 Å². The minimum Gasteiger partial charge on any atom is -0.489 e. The van der Waals surface area contributed by atoms with Gasteiger partial charge in [-0.05, 0) is 36.2 Å². The number of amidine groups is 1. The Morgan fingerprint density at radius 2 is 1.96 bits per heavy atom. The fourth-order valence-electron chi connectivity index (χ4n) is 2.29. The normalized spacial score (nSPS) is 13.5. The third kappa shape index (κ3) is 5.07. The van der Waals surface area contributed by atoms with Crippen molar-refractivity contribution >= 4 is 40.1 Å². The molecule has 2 aromatic rings. The highest BCUT2D eigenvalue weighted by Gasteiger charge is 2.06. The third-order valence-corrected chi connectivity index (χ3v) is 5.15. The van der Waals surface area contributed by atoms with Crippen LogP contribution in [-0.4, -0.2) is 24.0 Å². The first-order valence-corrected chi connectivity index (χ1v) is 9.51. The second-order valence-corrected chi connectivity index (χ2v) is 7.31. The van der Waals surface area contributed by atoms with Crippen molar-refractivity contribution in [3.8, 4) is 5.75 Å². The molecule has 24 heavy (non-hydrogen) atoms. The molecule has 2 aromatic carbocycles. The topological polar surface area (TPSA) is 33.6 Å². The van der Waals surface area contributed by atoms with E-state index in [0.29, 0.717) is 16.7 Å². The highest BCUT2D eigenvalue weighted by molar-refractivity contribution is 8.13. The van der Waals surface area contributed by atoms with Gasteiger partial charge in [0.25, 0.3) is 0 Å². The maximum atomic E-state index is 6.15. The third-order valence-electron chi connectivity index (χ3n) is 3.61.